The van der Waals surface area contributed by atoms with Crippen molar-refractivity contribution in [2.75, 3.05) is 0 Å². The molecule has 1 unspecified atom stereocenters. The highest BCUT2D eigenvalue weighted by Crippen LogP contribution is 2.32. The number of benzene rings is 2. The molecule has 0 amide bonds. The molecule has 0 aliphatic carbocycles. The summed E-state index contributed by atoms with van der Waals surface area (Å²) in [5.41, 5.74) is 1.80. The SMILES string of the molecule is O=C1Cc2ccccc2OC1c1ccc(Cl)cc1. The van der Waals surface area contributed by atoms with Crippen LogP contribution in [0, 0.1) is 0 Å². The van der Waals surface area contributed by atoms with Crippen LogP contribution in [0.2, 0.25) is 5.02 Å². The van der Waals surface area contributed by atoms with Gasteiger partial charge in [0.1, 0.15) is 5.75 Å². The van der Waals surface area contributed by atoms with Crippen LogP contribution in [0.15, 0.2) is 48.5 Å². The van der Waals surface area contributed by atoms with E-state index in [0.29, 0.717) is 11.4 Å². The molecule has 0 fully saturated rings. The van der Waals surface area contributed by atoms with Gasteiger partial charge in [0.2, 0.25) is 0 Å². The van der Waals surface area contributed by atoms with Crippen molar-refractivity contribution < 1.29 is 9.53 Å². The molecule has 0 saturated heterocycles. The lowest BCUT2D eigenvalue weighted by atomic mass is 9.96. The highest BCUT2D eigenvalue weighted by atomic mass is 35.5. The summed E-state index contributed by atoms with van der Waals surface area (Å²) in [5.74, 6) is 0.869. The monoisotopic (exact) mass is 258 g/mol. The Morgan fingerprint density at radius 2 is 1.78 bits per heavy atom. The van der Waals surface area contributed by atoms with Crippen molar-refractivity contribution in [3.63, 3.8) is 0 Å². The number of para-hydroxylation sites is 1. The molecule has 2 aromatic carbocycles. The number of rotatable bonds is 1. The van der Waals surface area contributed by atoms with E-state index in [1.54, 1.807) is 12.1 Å². The number of fused-ring (bicyclic) bond motifs is 1. The number of hydrogen-bond acceptors (Lipinski definition) is 2. The van der Waals surface area contributed by atoms with E-state index in [9.17, 15) is 4.79 Å². The third-order valence-corrected chi connectivity index (χ3v) is 3.30. The number of hydrogen-bond donors (Lipinski definition) is 0. The molecule has 0 aromatic heterocycles. The van der Waals surface area contributed by atoms with Gasteiger partial charge < -0.3 is 4.74 Å². The molecule has 0 spiro atoms. The number of ether oxygens (including phenoxy) is 1. The predicted octanol–water partition coefficient (Wildman–Crippen LogP) is 3.59. The van der Waals surface area contributed by atoms with Gasteiger partial charge in [0, 0.05) is 17.0 Å². The first-order valence-electron chi connectivity index (χ1n) is 5.77. The zero-order chi connectivity index (χ0) is 12.5. The van der Waals surface area contributed by atoms with Gasteiger partial charge in [0.25, 0.3) is 0 Å². The first kappa shape index (κ1) is 11.3. The third-order valence-electron chi connectivity index (χ3n) is 3.05. The predicted molar refractivity (Wildman–Crippen MR) is 70.0 cm³/mol. The fourth-order valence-corrected chi connectivity index (χ4v) is 2.26. The maximum absolute atomic E-state index is 12.1. The molecule has 2 aromatic rings. The number of ketones is 1. The van der Waals surface area contributed by atoms with Crippen molar-refractivity contribution >= 4 is 17.4 Å². The van der Waals surface area contributed by atoms with Crippen LogP contribution in [0.1, 0.15) is 17.2 Å². The van der Waals surface area contributed by atoms with Crippen LogP contribution < -0.4 is 4.74 Å². The molecule has 0 N–H and O–H groups in total. The van der Waals surface area contributed by atoms with E-state index in [0.717, 1.165) is 16.9 Å². The van der Waals surface area contributed by atoms with E-state index in [-0.39, 0.29) is 5.78 Å². The third kappa shape index (κ3) is 2.00. The standard InChI is InChI=1S/C15H11ClO2/c16-12-7-5-10(6-8-12)15-13(17)9-11-3-1-2-4-14(11)18-15/h1-8,15H,9H2. The molecule has 1 heterocycles. The number of halogens is 1. The second kappa shape index (κ2) is 4.46. The van der Waals surface area contributed by atoms with Crippen molar-refractivity contribution in [1.82, 2.24) is 0 Å². The summed E-state index contributed by atoms with van der Waals surface area (Å²) in [4.78, 5) is 12.1. The molecule has 0 bridgehead atoms. The summed E-state index contributed by atoms with van der Waals surface area (Å²) in [6, 6.07) is 14.8. The van der Waals surface area contributed by atoms with E-state index in [4.69, 9.17) is 16.3 Å². The molecule has 18 heavy (non-hydrogen) atoms. The minimum Gasteiger partial charge on any atom is -0.478 e. The summed E-state index contributed by atoms with van der Waals surface area (Å²) in [6.07, 6.45) is -0.0964. The molecular weight excluding hydrogens is 248 g/mol. The van der Waals surface area contributed by atoms with Gasteiger partial charge in [-0.1, -0.05) is 41.9 Å². The molecule has 3 rings (SSSR count). The van der Waals surface area contributed by atoms with Crippen LogP contribution in [0.25, 0.3) is 0 Å². The van der Waals surface area contributed by atoms with Gasteiger partial charge in [-0.05, 0) is 23.8 Å². The summed E-state index contributed by atoms with van der Waals surface area (Å²) in [5, 5.41) is 0.655. The topological polar surface area (TPSA) is 26.3 Å². The van der Waals surface area contributed by atoms with Crippen molar-refractivity contribution in [2.24, 2.45) is 0 Å². The number of carbonyl (C=O) groups excluding carboxylic acids is 1. The quantitative estimate of drug-likeness (QED) is 0.781. The molecular formula is C15H11ClO2. The van der Waals surface area contributed by atoms with E-state index in [1.807, 2.05) is 36.4 Å². The van der Waals surface area contributed by atoms with Crippen molar-refractivity contribution in [1.29, 1.82) is 0 Å². The Kier molecular flexibility index (Phi) is 2.80. The van der Waals surface area contributed by atoms with Gasteiger partial charge in [-0.15, -0.1) is 0 Å². The van der Waals surface area contributed by atoms with Crippen LogP contribution in [0.3, 0.4) is 0 Å². The average Bonchev–Trinajstić information content (AvgIpc) is 2.39. The zero-order valence-corrected chi connectivity index (χ0v) is 10.4. The van der Waals surface area contributed by atoms with Crippen molar-refractivity contribution in [3.8, 4) is 5.75 Å². The fourth-order valence-electron chi connectivity index (χ4n) is 2.13. The average molecular weight is 259 g/mol. The molecule has 1 aliphatic rings. The van der Waals surface area contributed by atoms with Crippen molar-refractivity contribution in [3.05, 3.63) is 64.7 Å². The van der Waals surface area contributed by atoms with Crippen LogP contribution in [0.5, 0.6) is 5.75 Å². The maximum Gasteiger partial charge on any atom is 0.182 e. The summed E-state index contributed by atoms with van der Waals surface area (Å²) in [7, 11) is 0. The maximum atomic E-state index is 12.1. The summed E-state index contributed by atoms with van der Waals surface area (Å²) < 4.78 is 5.78. The Bertz CT molecular complexity index is 590. The highest BCUT2D eigenvalue weighted by Gasteiger charge is 2.28. The van der Waals surface area contributed by atoms with Crippen LogP contribution in [0.4, 0.5) is 0 Å². The smallest absolute Gasteiger partial charge is 0.182 e. The van der Waals surface area contributed by atoms with Gasteiger partial charge >= 0.3 is 0 Å². The first-order chi connectivity index (χ1) is 8.74. The van der Waals surface area contributed by atoms with Crippen LogP contribution >= 0.6 is 11.6 Å². The summed E-state index contributed by atoms with van der Waals surface area (Å²) in [6.45, 7) is 0. The molecule has 0 saturated carbocycles. The largest absolute Gasteiger partial charge is 0.478 e. The lowest BCUT2D eigenvalue weighted by Gasteiger charge is -2.25. The van der Waals surface area contributed by atoms with Gasteiger partial charge in [-0.25, -0.2) is 0 Å². The Morgan fingerprint density at radius 3 is 2.56 bits per heavy atom. The Balaban J connectivity index is 1.95. The van der Waals surface area contributed by atoms with Gasteiger partial charge in [0.15, 0.2) is 11.9 Å². The zero-order valence-electron chi connectivity index (χ0n) is 9.60. The molecule has 1 aliphatic heterocycles. The minimum absolute atomic E-state index is 0.0797. The van der Waals surface area contributed by atoms with Crippen molar-refractivity contribution in [2.45, 2.75) is 12.5 Å². The van der Waals surface area contributed by atoms with Crippen LogP contribution in [-0.4, -0.2) is 5.78 Å². The molecule has 90 valence electrons. The molecule has 3 heteroatoms. The Labute approximate surface area is 110 Å². The van der Waals surface area contributed by atoms with Crippen LogP contribution in [-0.2, 0) is 11.2 Å². The molecule has 2 nitrogen and oxygen atoms in total. The fraction of sp³-hybridized carbons (Fsp3) is 0.133. The van der Waals surface area contributed by atoms with Gasteiger partial charge in [-0.3, -0.25) is 4.79 Å². The molecule has 0 radical (unpaired) electrons. The minimum atomic E-state index is -0.517. The Hall–Kier alpha value is -1.80. The summed E-state index contributed by atoms with van der Waals surface area (Å²) >= 11 is 5.84. The molecule has 1 atom stereocenters. The highest BCUT2D eigenvalue weighted by molar-refractivity contribution is 6.30. The first-order valence-corrected chi connectivity index (χ1v) is 6.14. The second-order valence-corrected chi connectivity index (χ2v) is 4.74. The second-order valence-electron chi connectivity index (χ2n) is 4.30. The van der Waals surface area contributed by atoms with E-state index in [1.165, 1.54) is 0 Å². The lowest BCUT2D eigenvalue weighted by molar-refractivity contribution is -0.126. The van der Waals surface area contributed by atoms with Gasteiger partial charge in [0.05, 0.1) is 0 Å². The van der Waals surface area contributed by atoms with E-state index >= 15 is 0 Å². The van der Waals surface area contributed by atoms with E-state index in [2.05, 4.69) is 0 Å². The van der Waals surface area contributed by atoms with E-state index < -0.39 is 6.10 Å². The Morgan fingerprint density at radius 1 is 1.06 bits per heavy atom. The number of carbonyl (C=O) groups is 1. The lowest BCUT2D eigenvalue weighted by Crippen LogP contribution is -2.25. The van der Waals surface area contributed by atoms with Gasteiger partial charge in [-0.2, -0.15) is 0 Å². The number of Topliss-reactive ketones (excluding diaryl/α,β-unsaturated/α-hetero) is 1. The normalized spacial score (nSPS) is 18.1.